The number of hydrogen-bond acceptors (Lipinski definition) is 4. The molecule has 0 saturated heterocycles. The topological polar surface area (TPSA) is 84.3 Å². The third kappa shape index (κ3) is 4.60. The Hall–Kier alpha value is -1.47. The molecule has 6 nitrogen and oxygen atoms in total. The first-order chi connectivity index (χ1) is 8.95. The maximum atomic E-state index is 11.5. The van der Waals surface area contributed by atoms with Gasteiger partial charge >= 0.3 is 0 Å². The summed E-state index contributed by atoms with van der Waals surface area (Å²) in [6.07, 6.45) is 0. The van der Waals surface area contributed by atoms with Gasteiger partial charge in [0, 0.05) is 19.2 Å². The first kappa shape index (κ1) is 15.6. The number of rotatable bonds is 6. The zero-order chi connectivity index (χ0) is 14.4. The fraction of sp³-hybridized carbons (Fsp3) is 0.417. The van der Waals surface area contributed by atoms with Crippen LogP contribution in [0.3, 0.4) is 0 Å². The number of nitro groups is 1. The van der Waals surface area contributed by atoms with Gasteiger partial charge in [0.15, 0.2) is 0 Å². The molecule has 1 amide bonds. The standard InChI is InChI=1S/C12H16BrN3O3/c1-3-14-12(17)8(2)15-7-9-4-5-10(13)11(6-9)16(18)19/h4-6,8,15H,3,7H2,1-2H3,(H,14,17). The Morgan fingerprint density at radius 2 is 2.21 bits per heavy atom. The highest BCUT2D eigenvalue weighted by Crippen LogP contribution is 2.25. The summed E-state index contributed by atoms with van der Waals surface area (Å²) in [5, 5.41) is 16.5. The summed E-state index contributed by atoms with van der Waals surface area (Å²) in [6.45, 7) is 4.57. The van der Waals surface area contributed by atoms with Crippen LogP contribution in [0.15, 0.2) is 22.7 Å². The smallest absolute Gasteiger partial charge is 0.283 e. The maximum Gasteiger partial charge on any atom is 0.283 e. The van der Waals surface area contributed by atoms with Crippen molar-refractivity contribution < 1.29 is 9.72 Å². The van der Waals surface area contributed by atoms with E-state index in [1.807, 2.05) is 6.92 Å². The lowest BCUT2D eigenvalue weighted by Gasteiger charge is -2.13. The van der Waals surface area contributed by atoms with Crippen molar-refractivity contribution in [3.8, 4) is 0 Å². The average Bonchev–Trinajstić information content (AvgIpc) is 2.37. The van der Waals surface area contributed by atoms with Crippen LogP contribution in [-0.4, -0.2) is 23.4 Å². The molecule has 0 radical (unpaired) electrons. The molecule has 7 heteroatoms. The molecule has 0 spiro atoms. The van der Waals surface area contributed by atoms with Gasteiger partial charge in [-0.15, -0.1) is 0 Å². The van der Waals surface area contributed by atoms with Gasteiger partial charge in [0.2, 0.25) is 5.91 Å². The molecule has 0 bridgehead atoms. The van der Waals surface area contributed by atoms with Crippen molar-refractivity contribution in [1.29, 1.82) is 0 Å². The van der Waals surface area contributed by atoms with Crippen molar-refractivity contribution in [3.05, 3.63) is 38.3 Å². The zero-order valence-electron chi connectivity index (χ0n) is 10.8. The number of carbonyl (C=O) groups is 1. The highest BCUT2D eigenvalue weighted by Gasteiger charge is 2.14. The van der Waals surface area contributed by atoms with Crippen molar-refractivity contribution in [2.45, 2.75) is 26.4 Å². The van der Waals surface area contributed by atoms with Crippen LogP contribution < -0.4 is 10.6 Å². The second kappa shape index (κ2) is 7.20. The Bertz CT molecular complexity index is 479. The van der Waals surface area contributed by atoms with Crippen molar-refractivity contribution in [3.63, 3.8) is 0 Å². The molecule has 0 saturated carbocycles. The highest BCUT2D eigenvalue weighted by molar-refractivity contribution is 9.10. The molecular weight excluding hydrogens is 314 g/mol. The van der Waals surface area contributed by atoms with Crippen molar-refractivity contribution in [2.24, 2.45) is 0 Å². The van der Waals surface area contributed by atoms with Crippen LogP contribution in [-0.2, 0) is 11.3 Å². The third-order valence-corrected chi connectivity index (χ3v) is 3.23. The molecule has 0 aliphatic carbocycles. The first-order valence-electron chi connectivity index (χ1n) is 5.89. The van der Waals surface area contributed by atoms with Gasteiger partial charge in [0.1, 0.15) is 0 Å². The van der Waals surface area contributed by atoms with E-state index in [9.17, 15) is 14.9 Å². The van der Waals surface area contributed by atoms with Gasteiger partial charge < -0.3 is 10.6 Å². The first-order valence-corrected chi connectivity index (χ1v) is 6.69. The van der Waals surface area contributed by atoms with Crippen LogP contribution >= 0.6 is 15.9 Å². The lowest BCUT2D eigenvalue weighted by atomic mass is 10.2. The molecule has 0 fully saturated rings. The number of hydrogen-bond donors (Lipinski definition) is 2. The summed E-state index contributed by atoms with van der Waals surface area (Å²) in [5.74, 6) is -0.0888. The molecule has 0 heterocycles. The van der Waals surface area contributed by atoms with Gasteiger partial charge in [-0.25, -0.2) is 0 Å². The number of halogens is 1. The van der Waals surface area contributed by atoms with E-state index >= 15 is 0 Å². The SMILES string of the molecule is CCNC(=O)C(C)NCc1ccc(Br)c([N+](=O)[O-])c1. The van der Waals surface area contributed by atoms with Gasteiger partial charge in [-0.1, -0.05) is 6.07 Å². The molecule has 104 valence electrons. The molecule has 1 aromatic carbocycles. The fourth-order valence-electron chi connectivity index (χ4n) is 1.50. The Labute approximate surface area is 119 Å². The molecule has 1 atom stereocenters. The van der Waals surface area contributed by atoms with E-state index in [4.69, 9.17) is 0 Å². The van der Waals surface area contributed by atoms with Gasteiger partial charge in [0.25, 0.3) is 5.69 Å². The van der Waals surface area contributed by atoms with E-state index < -0.39 is 4.92 Å². The number of benzene rings is 1. The summed E-state index contributed by atoms with van der Waals surface area (Å²) >= 11 is 3.13. The summed E-state index contributed by atoms with van der Waals surface area (Å²) in [7, 11) is 0. The zero-order valence-corrected chi connectivity index (χ0v) is 12.4. The molecule has 0 aliphatic rings. The van der Waals surface area contributed by atoms with Crippen molar-refractivity contribution in [1.82, 2.24) is 10.6 Å². The Balaban J connectivity index is 2.66. The van der Waals surface area contributed by atoms with E-state index in [1.54, 1.807) is 19.1 Å². The number of amides is 1. The second-order valence-electron chi connectivity index (χ2n) is 4.04. The molecule has 1 aromatic rings. The quantitative estimate of drug-likeness (QED) is 0.617. The van der Waals surface area contributed by atoms with E-state index in [-0.39, 0.29) is 17.6 Å². The minimum atomic E-state index is -0.444. The predicted molar refractivity (Wildman–Crippen MR) is 75.8 cm³/mol. The van der Waals surface area contributed by atoms with Crippen LogP contribution in [0.25, 0.3) is 0 Å². The summed E-state index contributed by atoms with van der Waals surface area (Å²) in [6, 6.07) is 4.55. The third-order valence-electron chi connectivity index (χ3n) is 2.56. The Morgan fingerprint density at radius 3 is 2.79 bits per heavy atom. The largest absolute Gasteiger partial charge is 0.355 e. The number of nitrogens with one attached hydrogen (secondary N) is 2. The fourth-order valence-corrected chi connectivity index (χ4v) is 1.89. The highest BCUT2D eigenvalue weighted by atomic mass is 79.9. The molecular formula is C12H16BrN3O3. The van der Waals surface area contributed by atoms with Gasteiger partial charge in [0.05, 0.1) is 15.4 Å². The molecule has 0 aliphatic heterocycles. The van der Waals surface area contributed by atoms with Gasteiger partial charge in [-0.2, -0.15) is 0 Å². The predicted octanol–water partition coefficient (Wildman–Crippen LogP) is 1.97. The minimum absolute atomic E-state index is 0.0185. The van der Waals surface area contributed by atoms with E-state index in [1.165, 1.54) is 6.07 Å². The maximum absolute atomic E-state index is 11.5. The number of nitrogens with zero attached hydrogens (tertiary/aromatic N) is 1. The van der Waals surface area contributed by atoms with Crippen LogP contribution in [0.5, 0.6) is 0 Å². The van der Waals surface area contributed by atoms with Crippen molar-refractivity contribution >= 4 is 27.5 Å². The molecule has 0 aromatic heterocycles. The van der Waals surface area contributed by atoms with E-state index in [0.29, 0.717) is 17.6 Å². The molecule has 1 rings (SSSR count). The summed E-state index contributed by atoms with van der Waals surface area (Å²) < 4.78 is 0.443. The summed E-state index contributed by atoms with van der Waals surface area (Å²) in [4.78, 5) is 21.9. The van der Waals surface area contributed by atoms with Gasteiger partial charge in [-0.3, -0.25) is 14.9 Å². The Kier molecular flexibility index (Phi) is 5.91. The van der Waals surface area contributed by atoms with Crippen LogP contribution in [0, 0.1) is 10.1 Å². The van der Waals surface area contributed by atoms with E-state index in [0.717, 1.165) is 5.56 Å². The second-order valence-corrected chi connectivity index (χ2v) is 4.89. The number of carbonyl (C=O) groups excluding carboxylic acids is 1. The normalized spacial score (nSPS) is 11.9. The van der Waals surface area contributed by atoms with E-state index in [2.05, 4.69) is 26.6 Å². The van der Waals surface area contributed by atoms with Crippen LogP contribution in [0.4, 0.5) is 5.69 Å². The minimum Gasteiger partial charge on any atom is -0.355 e. The molecule has 2 N–H and O–H groups in total. The molecule has 1 unspecified atom stereocenters. The van der Waals surface area contributed by atoms with Crippen LogP contribution in [0.2, 0.25) is 0 Å². The number of likely N-dealkylation sites (N-methyl/N-ethyl adjacent to an activating group) is 1. The lowest BCUT2D eigenvalue weighted by molar-refractivity contribution is -0.385. The van der Waals surface area contributed by atoms with Crippen molar-refractivity contribution in [2.75, 3.05) is 6.54 Å². The monoisotopic (exact) mass is 329 g/mol. The Morgan fingerprint density at radius 1 is 1.53 bits per heavy atom. The lowest BCUT2D eigenvalue weighted by Crippen LogP contribution is -2.41. The molecule has 19 heavy (non-hydrogen) atoms. The number of nitro benzene ring substituents is 1. The average molecular weight is 330 g/mol. The summed E-state index contributed by atoms with van der Waals surface area (Å²) in [5.41, 5.74) is 0.774. The van der Waals surface area contributed by atoms with Crippen LogP contribution in [0.1, 0.15) is 19.4 Å². The van der Waals surface area contributed by atoms with Gasteiger partial charge in [-0.05, 0) is 41.4 Å².